The number of amides is 1. The number of hydrogen-bond donors (Lipinski definition) is 1. The van der Waals surface area contributed by atoms with Crippen LogP contribution in [0.5, 0.6) is 0 Å². The maximum absolute atomic E-state index is 12.1. The van der Waals surface area contributed by atoms with E-state index in [2.05, 4.69) is 37.2 Å². The van der Waals surface area contributed by atoms with Crippen molar-refractivity contribution in [2.24, 2.45) is 11.8 Å². The van der Waals surface area contributed by atoms with Crippen LogP contribution in [0.1, 0.15) is 36.0 Å². The smallest absolute Gasteiger partial charge is 0.251 e. The molecule has 0 saturated heterocycles. The van der Waals surface area contributed by atoms with E-state index in [0.717, 1.165) is 21.9 Å². The molecule has 2 nitrogen and oxygen atoms in total. The molecule has 1 aromatic carbocycles. The Morgan fingerprint density at radius 2 is 1.79 bits per heavy atom. The first-order chi connectivity index (χ1) is 9.20. The molecule has 0 aromatic heterocycles. The number of alkyl halides is 1. The van der Waals surface area contributed by atoms with E-state index < -0.39 is 0 Å². The summed E-state index contributed by atoms with van der Waals surface area (Å²) in [5.41, 5.74) is 0.731. The zero-order valence-corrected chi connectivity index (χ0v) is 14.0. The van der Waals surface area contributed by atoms with Crippen LogP contribution >= 0.6 is 31.9 Å². The van der Waals surface area contributed by atoms with Gasteiger partial charge in [0, 0.05) is 21.9 Å². The van der Waals surface area contributed by atoms with Crippen LogP contribution in [0, 0.1) is 11.8 Å². The zero-order chi connectivity index (χ0) is 13.7. The van der Waals surface area contributed by atoms with Gasteiger partial charge in [-0.1, -0.05) is 44.7 Å². The van der Waals surface area contributed by atoms with Crippen molar-refractivity contribution in [1.29, 1.82) is 0 Å². The molecule has 1 amide bonds. The molecule has 1 aliphatic rings. The Morgan fingerprint density at radius 3 is 2.42 bits per heavy atom. The fourth-order valence-corrected chi connectivity index (χ4v) is 3.80. The van der Waals surface area contributed by atoms with Crippen LogP contribution in [0.3, 0.4) is 0 Å². The molecule has 2 rings (SSSR count). The van der Waals surface area contributed by atoms with Gasteiger partial charge in [0.25, 0.3) is 5.91 Å². The van der Waals surface area contributed by atoms with E-state index in [1.54, 1.807) is 0 Å². The van der Waals surface area contributed by atoms with Crippen molar-refractivity contribution in [3.05, 3.63) is 34.3 Å². The van der Waals surface area contributed by atoms with Gasteiger partial charge in [-0.15, -0.1) is 0 Å². The van der Waals surface area contributed by atoms with Crippen LogP contribution < -0.4 is 5.32 Å². The van der Waals surface area contributed by atoms with Crippen molar-refractivity contribution in [2.45, 2.75) is 25.7 Å². The number of rotatable bonds is 4. The van der Waals surface area contributed by atoms with Crippen molar-refractivity contribution in [3.63, 3.8) is 0 Å². The lowest BCUT2D eigenvalue weighted by molar-refractivity contribution is 0.0937. The Kier molecular flexibility index (Phi) is 5.89. The minimum absolute atomic E-state index is 0.0337. The monoisotopic (exact) mass is 387 g/mol. The van der Waals surface area contributed by atoms with E-state index in [-0.39, 0.29) is 5.91 Å². The first-order valence-electron chi connectivity index (χ1n) is 6.80. The summed E-state index contributed by atoms with van der Waals surface area (Å²) in [4.78, 5) is 12.1. The average molecular weight is 389 g/mol. The highest BCUT2D eigenvalue weighted by Gasteiger charge is 2.24. The summed E-state index contributed by atoms with van der Waals surface area (Å²) in [6, 6.07) is 7.50. The number of benzene rings is 1. The molecular formula is C15H19Br2NO. The Balaban J connectivity index is 1.87. The van der Waals surface area contributed by atoms with Crippen molar-refractivity contribution in [3.8, 4) is 0 Å². The van der Waals surface area contributed by atoms with Crippen LogP contribution in [-0.2, 0) is 0 Å². The zero-order valence-electron chi connectivity index (χ0n) is 10.9. The fraction of sp³-hybridized carbons (Fsp3) is 0.533. The van der Waals surface area contributed by atoms with E-state index in [1.807, 2.05) is 24.3 Å². The van der Waals surface area contributed by atoms with Crippen molar-refractivity contribution in [1.82, 2.24) is 5.32 Å². The van der Waals surface area contributed by atoms with Crippen LogP contribution in [0.15, 0.2) is 28.7 Å². The Hall–Kier alpha value is -0.350. The molecule has 0 radical (unpaired) electrons. The summed E-state index contributed by atoms with van der Waals surface area (Å²) in [5.74, 6) is 1.36. The lowest BCUT2D eigenvalue weighted by atomic mass is 9.80. The number of hydrogen-bond acceptors (Lipinski definition) is 1. The standard InChI is InChI=1S/C15H19Br2NO/c16-9-12-3-1-2-4-13(12)10-18-15(19)11-5-7-14(17)8-6-11/h5-8,12-13H,1-4,9-10H2,(H,18,19). The van der Waals surface area contributed by atoms with Crippen LogP contribution in [-0.4, -0.2) is 17.8 Å². The predicted octanol–water partition coefficient (Wildman–Crippen LogP) is 4.38. The number of carbonyl (C=O) groups excluding carboxylic acids is 1. The second-order valence-electron chi connectivity index (χ2n) is 5.18. The van der Waals surface area contributed by atoms with Crippen molar-refractivity contribution >= 4 is 37.8 Å². The maximum Gasteiger partial charge on any atom is 0.251 e. The molecule has 2 unspecified atom stereocenters. The van der Waals surface area contributed by atoms with Crippen molar-refractivity contribution < 1.29 is 4.79 Å². The van der Waals surface area contributed by atoms with E-state index >= 15 is 0 Å². The van der Waals surface area contributed by atoms with E-state index in [4.69, 9.17) is 0 Å². The summed E-state index contributed by atoms with van der Waals surface area (Å²) in [6.07, 6.45) is 5.14. The van der Waals surface area contributed by atoms with E-state index in [9.17, 15) is 4.79 Å². The van der Waals surface area contributed by atoms with Gasteiger partial charge in [0.15, 0.2) is 0 Å². The average Bonchev–Trinajstić information content (AvgIpc) is 2.45. The van der Waals surface area contributed by atoms with Crippen LogP contribution in [0.2, 0.25) is 0 Å². The molecule has 0 bridgehead atoms. The highest BCUT2D eigenvalue weighted by Crippen LogP contribution is 2.30. The van der Waals surface area contributed by atoms with Crippen LogP contribution in [0.25, 0.3) is 0 Å². The molecule has 1 fully saturated rings. The number of nitrogens with one attached hydrogen (secondary N) is 1. The second-order valence-corrected chi connectivity index (χ2v) is 6.74. The molecule has 0 heterocycles. The summed E-state index contributed by atoms with van der Waals surface area (Å²) in [7, 11) is 0. The quantitative estimate of drug-likeness (QED) is 0.761. The first-order valence-corrected chi connectivity index (χ1v) is 8.72. The predicted molar refractivity (Wildman–Crippen MR) is 85.7 cm³/mol. The largest absolute Gasteiger partial charge is 0.352 e. The molecule has 1 aromatic rings. The van der Waals surface area contributed by atoms with Crippen LogP contribution in [0.4, 0.5) is 0 Å². The summed E-state index contributed by atoms with van der Waals surface area (Å²) in [5, 5.41) is 4.12. The lowest BCUT2D eigenvalue weighted by Crippen LogP contribution is -2.34. The number of carbonyl (C=O) groups is 1. The van der Waals surface area contributed by atoms with Gasteiger partial charge < -0.3 is 5.32 Å². The molecule has 104 valence electrons. The minimum atomic E-state index is 0.0337. The minimum Gasteiger partial charge on any atom is -0.352 e. The third-order valence-corrected chi connectivity index (χ3v) is 5.26. The maximum atomic E-state index is 12.1. The second kappa shape index (κ2) is 7.44. The molecule has 0 aliphatic heterocycles. The molecule has 1 saturated carbocycles. The Morgan fingerprint density at radius 1 is 1.16 bits per heavy atom. The van der Waals surface area contributed by atoms with E-state index in [1.165, 1.54) is 25.7 Å². The first kappa shape index (κ1) is 15.0. The molecule has 4 heteroatoms. The Bertz CT molecular complexity index is 419. The van der Waals surface area contributed by atoms with E-state index in [0.29, 0.717) is 11.8 Å². The van der Waals surface area contributed by atoms with Gasteiger partial charge in [0.05, 0.1) is 0 Å². The number of halogens is 2. The van der Waals surface area contributed by atoms with Gasteiger partial charge in [-0.05, 0) is 48.9 Å². The van der Waals surface area contributed by atoms with Gasteiger partial charge in [-0.3, -0.25) is 4.79 Å². The van der Waals surface area contributed by atoms with Gasteiger partial charge >= 0.3 is 0 Å². The molecule has 19 heavy (non-hydrogen) atoms. The highest BCUT2D eigenvalue weighted by atomic mass is 79.9. The summed E-state index contributed by atoms with van der Waals surface area (Å²) < 4.78 is 0.996. The van der Waals surface area contributed by atoms with Gasteiger partial charge in [-0.2, -0.15) is 0 Å². The SMILES string of the molecule is O=C(NCC1CCCCC1CBr)c1ccc(Br)cc1. The third-order valence-electron chi connectivity index (χ3n) is 3.90. The topological polar surface area (TPSA) is 29.1 Å². The molecule has 0 spiro atoms. The summed E-state index contributed by atoms with van der Waals surface area (Å²) >= 11 is 6.97. The normalized spacial score (nSPS) is 23.1. The Labute approximate surface area is 131 Å². The molecule has 1 aliphatic carbocycles. The third kappa shape index (κ3) is 4.32. The fourth-order valence-electron chi connectivity index (χ4n) is 2.68. The lowest BCUT2D eigenvalue weighted by Gasteiger charge is -2.30. The van der Waals surface area contributed by atoms with Gasteiger partial charge in [-0.25, -0.2) is 0 Å². The van der Waals surface area contributed by atoms with Gasteiger partial charge in [0.1, 0.15) is 0 Å². The highest BCUT2D eigenvalue weighted by molar-refractivity contribution is 9.10. The molecular weight excluding hydrogens is 370 g/mol. The molecule has 1 N–H and O–H groups in total. The van der Waals surface area contributed by atoms with Crippen molar-refractivity contribution in [2.75, 3.05) is 11.9 Å². The molecule has 2 atom stereocenters. The summed E-state index contributed by atoms with van der Waals surface area (Å²) in [6.45, 7) is 0.797. The van der Waals surface area contributed by atoms with Gasteiger partial charge in [0.2, 0.25) is 0 Å².